The van der Waals surface area contributed by atoms with Crippen molar-refractivity contribution in [3.8, 4) is 5.75 Å². The number of benzene rings is 1. The van der Waals surface area contributed by atoms with Crippen LogP contribution in [-0.4, -0.2) is 28.4 Å². The lowest BCUT2D eigenvalue weighted by atomic mass is 9.76. The first-order valence-electron chi connectivity index (χ1n) is 4.05. The van der Waals surface area contributed by atoms with Crippen molar-refractivity contribution in [1.29, 1.82) is 0 Å². The average molecular weight is 220 g/mol. The summed E-state index contributed by atoms with van der Waals surface area (Å²) in [5, 5.41) is 26.8. The molecule has 0 aliphatic rings. The number of halogens is 3. The van der Waals surface area contributed by atoms with Gasteiger partial charge in [-0.05, 0) is 11.5 Å². The Balaban J connectivity index is 3.14. The second kappa shape index (κ2) is 4.12. The van der Waals surface area contributed by atoms with Gasteiger partial charge >= 0.3 is 13.3 Å². The molecule has 0 aliphatic carbocycles. The van der Waals surface area contributed by atoms with Crippen LogP contribution in [0.5, 0.6) is 5.75 Å². The van der Waals surface area contributed by atoms with E-state index in [4.69, 9.17) is 10.0 Å². The van der Waals surface area contributed by atoms with E-state index in [1.807, 2.05) is 0 Å². The molecule has 0 fully saturated rings. The molecule has 0 bridgehead atoms. The summed E-state index contributed by atoms with van der Waals surface area (Å²) in [5.41, 5.74) is -0.854. The van der Waals surface area contributed by atoms with Gasteiger partial charge in [0.15, 0.2) is 0 Å². The zero-order valence-corrected chi connectivity index (χ0v) is 7.49. The van der Waals surface area contributed by atoms with E-state index < -0.39 is 31.0 Å². The summed E-state index contributed by atoms with van der Waals surface area (Å²) in [4.78, 5) is 0. The van der Waals surface area contributed by atoms with E-state index in [9.17, 15) is 18.3 Å². The molecule has 1 rings (SSSR count). The minimum absolute atomic E-state index is 0.340. The summed E-state index contributed by atoms with van der Waals surface area (Å²) in [5.74, 6) is -0.599. The smallest absolute Gasteiger partial charge is 0.488 e. The van der Waals surface area contributed by atoms with E-state index >= 15 is 0 Å². The van der Waals surface area contributed by atoms with Crippen LogP contribution in [-0.2, 0) is 6.42 Å². The van der Waals surface area contributed by atoms with E-state index in [-0.39, 0.29) is 5.46 Å². The maximum absolute atomic E-state index is 12.1. The van der Waals surface area contributed by atoms with Crippen LogP contribution in [0.4, 0.5) is 13.2 Å². The summed E-state index contributed by atoms with van der Waals surface area (Å²) in [6.45, 7) is 0. The molecule has 3 N–H and O–H groups in total. The number of rotatable bonds is 2. The largest absolute Gasteiger partial charge is 0.508 e. The fourth-order valence-corrected chi connectivity index (χ4v) is 1.23. The van der Waals surface area contributed by atoms with Gasteiger partial charge in [0.1, 0.15) is 5.75 Å². The number of phenolic OH excluding ortho intramolecular Hbond substituents is 1. The Kier molecular flexibility index (Phi) is 3.26. The van der Waals surface area contributed by atoms with Crippen LogP contribution < -0.4 is 5.46 Å². The molecular weight excluding hydrogens is 212 g/mol. The highest BCUT2D eigenvalue weighted by atomic mass is 19.4. The van der Waals surface area contributed by atoms with Gasteiger partial charge in [0.25, 0.3) is 0 Å². The zero-order valence-electron chi connectivity index (χ0n) is 7.49. The molecule has 0 aliphatic heterocycles. The van der Waals surface area contributed by atoms with Crippen molar-refractivity contribution in [3.05, 3.63) is 23.8 Å². The van der Waals surface area contributed by atoms with Crippen LogP contribution in [0.25, 0.3) is 0 Å². The first-order valence-corrected chi connectivity index (χ1v) is 4.05. The average Bonchev–Trinajstić information content (AvgIpc) is 2.05. The van der Waals surface area contributed by atoms with Gasteiger partial charge in [0.2, 0.25) is 0 Å². The number of aromatic hydroxyl groups is 1. The summed E-state index contributed by atoms with van der Waals surface area (Å²) in [7, 11) is -2.03. The second-order valence-corrected chi connectivity index (χ2v) is 3.01. The Morgan fingerprint density at radius 2 is 1.80 bits per heavy atom. The summed E-state index contributed by atoms with van der Waals surface area (Å²) >= 11 is 0. The number of alkyl halides is 3. The van der Waals surface area contributed by atoms with E-state index in [1.165, 1.54) is 6.07 Å². The van der Waals surface area contributed by atoms with Crippen LogP contribution >= 0.6 is 0 Å². The van der Waals surface area contributed by atoms with Crippen LogP contribution in [0.2, 0.25) is 0 Å². The lowest BCUT2D eigenvalue weighted by Gasteiger charge is -2.12. The monoisotopic (exact) mass is 220 g/mol. The van der Waals surface area contributed by atoms with Crippen molar-refractivity contribution < 1.29 is 28.3 Å². The maximum Gasteiger partial charge on any atom is 0.488 e. The molecule has 0 unspecified atom stereocenters. The predicted molar refractivity (Wildman–Crippen MR) is 47.7 cm³/mol. The number of phenols is 1. The minimum atomic E-state index is -4.51. The number of hydrogen-bond acceptors (Lipinski definition) is 3. The topological polar surface area (TPSA) is 60.7 Å². The van der Waals surface area contributed by atoms with Crippen LogP contribution in [0.1, 0.15) is 5.56 Å². The third-order valence-electron chi connectivity index (χ3n) is 1.84. The van der Waals surface area contributed by atoms with Crippen molar-refractivity contribution in [2.45, 2.75) is 12.6 Å². The maximum atomic E-state index is 12.1. The Morgan fingerprint density at radius 1 is 1.20 bits per heavy atom. The van der Waals surface area contributed by atoms with Crippen molar-refractivity contribution in [2.24, 2.45) is 0 Å². The van der Waals surface area contributed by atoms with Crippen molar-refractivity contribution in [3.63, 3.8) is 0 Å². The van der Waals surface area contributed by atoms with Gasteiger partial charge in [-0.25, -0.2) is 0 Å². The van der Waals surface area contributed by atoms with Crippen molar-refractivity contribution in [1.82, 2.24) is 0 Å². The third kappa shape index (κ3) is 3.14. The predicted octanol–water partition coefficient (Wildman–Crippen LogP) is 0.177. The molecule has 0 atom stereocenters. The van der Waals surface area contributed by atoms with E-state index in [0.717, 1.165) is 12.1 Å². The van der Waals surface area contributed by atoms with Crippen molar-refractivity contribution in [2.75, 3.05) is 0 Å². The minimum Gasteiger partial charge on any atom is -0.508 e. The second-order valence-electron chi connectivity index (χ2n) is 3.01. The Labute approximate surface area is 83.9 Å². The SMILES string of the molecule is OB(O)c1cccc(O)c1CC(F)(F)F. The first-order chi connectivity index (χ1) is 6.81. The standard InChI is InChI=1S/C8H8BF3O3/c10-8(11,12)4-5-6(9(14)15)2-1-3-7(5)13/h1-3,13-15H,4H2. The highest BCUT2D eigenvalue weighted by Crippen LogP contribution is 2.25. The zero-order chi connectivity index (χ0) is 11.6. The van der Waals surface area contributed by atoms with E-state index in [0.29, 0.717) is 0 Å². The van der Waals surface area contributed by atoms with Crippen LogP contribution in [0.15, 0.2) is 18.2 Å². The molecule has 0 saturated carbocycles. The van der Waals surface area contributed by atoms with Gasteiger partial charge in [0.05, 0.1) is 6.42 Å². The quantitative estimate of drug-likeness (QED) is 0.623. The molecule has 3 nitrogen and oxygen atoms in total. The van der Waals surface area contributed by atoms with Gasteiger partial charge in [-0.1, -0.05) is 12.1 Å². The number of hydrogen-bond donors (Lipinski definition) is 3. The Hall–Kier alpha value is -1.21. The van der Waals surface area contributed by atoms with E-state index in [1.54, 1.807) is 0 Å². The molecular formula is C8H8BF3O3. The lowest BCUT2D eigenvalue weighted by molar-refractivity contribution is -0.127. The lowest BCUT2D eigenvalue weighted by Crippen LogP contribution is -2.34. The van der Waals surface area contributed by atoms with E-state index in [2.05, 4.69) is 0 Å². The van der Waals surface area contributed by atoms with Gasteiger partial charge < -0.3 is 15.2 Å². The summed E-state index contributed by atoms with van der Waals surface area (Å²) in [6.07, 6.45) is -5.91. The molecule has 0 aromatic heterocycles. The molecule has 15 heavy (non-hydrogen) atoms. The van der Waals surface area contributed by atoms with Gasteiger partial charge in [-0.2, -0.15) is 13.2 Å². The highest BCUT2D eigenvalue weighted by molar-refractivity contribution is 6.59. The molecule has 0 spiro atoms. The van der Waals surface area contributed by atoms with Gasteiger partial charge in [-0.15, -0.1) is 0 Å². The third-order valence-corrected chi connectivity index (χ3v) is 1.84. The molecule has 82 valence electrons. The fraction of sp³-hybridized carbons (Fsp3) is 0.250. The summed E-state index contributed by atoms with van der Waals surface area (Å²) < 4.78 is 36.3. The summed E-state index contributed by atoms with van der Waals surface area (Å²) in [6, 6.07) is 3.42. The highest BCUT2D eigenvalue weighted by Gasteiger charge is 2.32. The normalized spacial score (nSPS) is 11.5. The molecule has 1 aromatic rings. The van der Waals surface area contributed by atoms with Gasteiger partial charge in [-0.3, -0.25) is 0 Å². The first kappa shape index (κ1) is 11.9. The Morgan fingerprint density at radius 3 is 2.27 bits per heavy atom. The fourth-order valence-electron chi connectivity index (χ4n) is 1.23. The van der Waals surface area contributed by atoms with Gasteiger partial charge in [0, 0.05) is 5.56 Å². The molecule has 1 aromatic carbocycles. The van der Waals surface area contributed by atoms with Crippen LogP contribution in [0.3, 0.4) is 0 Å². The van der Waals surface area contributed by atoms with Crippen molar-refractivity contribution >= 4 is 12.6 Å². The molecule has 0 saturated heterocycles. The Bertz CT molecular complexity index is 351. The van der Waals surface area contributed by atoms with Crippen LogP contribution in [0, 0.1) is 0 Å². The molecule has 7 heteroatoms. The molecule has 0 heterocycles. The molecule has 0 radical (unpaired) electrons. The molecule has 0 amide bonds.